The topological polar surface area (TPSA) is 65.7 Å². The van der Waals surface area contributed by atoms with Gasteiger partial charge in [0, 0.05) is 56.6 Å². The number of rotatable bonds is 3. The van der Waals surface area contributed by atoms with Crippen LogP contribution in [-0.2, 0) is 12.8 Å². The van der Waals surface area contributed by atoms with Gasteiger partial charge in [-0.3, -0.25) is 9.69 Å². The number of fused-ring (bicyclic) bond motifs is 2. The van der Waals surface area contributed by atoms with Crippen molar-refractivity contribution >= 4 is 22.6 Å². The number of hydrogen-bond acceptors (Lipinski definition) is 6. The van der Waals surface area contributed by atoms with Crippen molar-refractivity contribution in [1.29, 1.82) is 0 Å². The van der Waals surface area contributed by atoms with E-state index in [4.69, 9.17) is 4.63 Å². The van der Waals surface area contributed by atoms with Crippen molar-refractivity contribution in [2.45, 2.75) is 38.1 Å². The summed E-state index contributed by atoms with van der Waals surface area (Å²) in [4.78, 5) is 20.0. The van der Waals surface area contributed by atoms with Crippen LogP contribution in [0, 0.1) is 0 Å². The van der Waals surface area contributed by atoms with Gasteiger partial charge >= 0.3 is 0 Å². The Bertz CT molecular complexity index is 1130. The van der Waals surface area contributed by atoms with Crippen LogP contribution in [0.1, 0.15) is 40.7 Å². The lowest BCUT2D eigenvalue weighted by molar-refractivity contribution is 0.0747. The number of carbonyl (C=O) groups is 1. The van der Waals surface area contributed by atoms with E-state index in [1.165, 1.54) is 55.6 Å². The predicted molar refractivity (Wildman–Crippen MR) is 123 cm³/mol. The standard InChI is InChI=1S/C25H29N5O2/c31-25(20-5-7-23-24(17-20)27-32-26-23)30-14-12-29(13-15-30)22-6-4-18-8-10-28(21-2-1-3-21)11-9-19(18)16-22/h4-7,16-17,21H,1-3,8-15H2. The molecule has 0 N–H and O–H groups in total. The summed E-state index contributed by atoms with van der Waals surface area (Å²) in [7, 11) is 0. The monoisotopic (exact) mass is 431 g/mol. The molecule has 3 heterocycles. The lowest BCUT2D eigenvalue weighted by atomic mass is 9.91. The van der Waals surface area contributed by atoms with Crippen molar-refractivity contribution in [3.8, 4) is 0 Å². The molecule has 0 radical (unpaired) electrons. The Morgan fingerprint density at radius 2 is 1.62 bits per heavy atom. The third-order valence-electron chi connectivity index (χ3n) is 7.55. The van der Waals surface area contributed by atoms with E-state index in [1.54, 1.807) is 18.2 Å². The molecule has 6 rings (SSSR count). The van der Waals surface area contributed by atoms with Gasteiger partial charge in [-0.1, -0.05) is 12.5 Å². The maximum atomic E-state index is 13.0. The second kappa shape index (κ2) is 8.20. The first-order valence-corrected chi connectivity index (χ1v) is 11.9. The first-order chi connectivity index (χ1) is 15.7. The van der Waals surface area contributed by atoms with E-state index in [0.29, 0.717) is 16.6 Å². The van der Waals surface area contributed by atoms with Gasteiger partial charge < -0.3 is 9.80 Å². The van der Waals surface area contributed by atoms with E-state index >= 15 is 0 Å². The molecule has 0 spiro atoms. The summed E-state index contributed by atoms with van der Waals surface area (Å²) in [6.07, 6.45) is 6.48. The molecule has 3 aromatic rings. The first-order valence-electron chi connectivity index (χ1n) is 11.9. The van der Waals surface area contributed by atoms with E-state index in [0.717, 1.165) is 38.6 Å². The molecule has 0 unspecified atom stereocenters. The molecule has 0 atom stereocenters. The number of aromatic nitrogens is 2. The average Bonchev–Trinajstić information content (AvgIpc) is 3.18. The highest BCUT2D eigenvalue weighted by molar-refractivity contribution is 5.97. The summed E-state index contributed by atoms with van der Waals surface area (Å²) < 4.78 is 4.75. The highest BCUT2D eigenvalue weighted by Gasteiger charge is 2.27. The minimum absolute atomic E-state index is 0.0487. The van der Waals surface area contributed by atoms with Crippen LogP contribution in [0.4, 0.5) is 5.69 Å². The Labute approximate surface area is 187 Å². The third-order valence-corrected chi connectivity index (χ3v) is 7.55. The summed E-state index contributed by atoms with van der Waals surface area (Å²) in [6, 6.07) is 13.2. The number of benzene rings is 2. The van der Waals surface area contributed by atoms with Gasteiger partial charge in [-0.2, -0.15) is 0 Å². The Kier molecular flexibility index (Phi) is 5.06. The molecular formula is C25H29N5O2. The first kappa shape index (κ1) is 19.7. The van der Waals surface area contributed by atoms with Crippen molar-refractivity contribution in [3.05, 3.63) is 53.1 Å². The largest absolute Gasteiger partial charge is 0.368 e. The van der Waals surface area contributed by atoms with Gasteiger partial charge in [0.05, 0.1) is 0 Å². The maximum Gasteiger partial charge on any atom is 0.254 e. The second-order valence-electron chi connectivity index (χ2n) is 9.32. The van der Waals surface area contributed by atoms with Gasteiger partial charge in [0.15, 0.2) is 0 Å². The van der Waals surface area contributed by atoms with Crippen molar-refractivity contribution in [1.82, 2.24) is 20.1 Å². The van der Waals surface area contributed by atoms with Gasteiger partial charge in [-0.25, -0.2) is 4.63 Å². The fraction of sp³-hybridized carbons (Fsp3) is 0.480. The van der Waals surface area contributed by atoms with Crippen LogP contribution in [0.3, 0.4) is 0 Å². The second-order valence-corrected chi connectivity index (χ2v) is 9.32. The lowest BCUT2D eigenvalue weighted by Gasteiger charge is -2.36. The Morgan fingerprint density at radius 1 is 0.844 bits per heavy atom. The quantitative estimate of drug-likeness (QED) is 0.635. The zero-order valence-electron chi connectivity index (χ0n) is 18.4. The fourth-order valence-corrected chi connectivity index (χ4v) is 5.31. The normalized spacial score (nSPS) is 20.1. The van der Waals surface area contributed by atoms with Crippen molar-refractivity contribution in [3.63, 3.8) is 0 Å². The van der Waals surface area contributed by atoms with Crippen LogP contribution >= 0.6 is 0 Å². The molecule has 2 fully saturated rings. The molecule has 166 valence electrons. The zero-order valence-corrected chi connectivity index (χ0v) is 18.4. The molecule has 2 aliphatic heterocycles. The summed E-state index contributed by atoms with van der Waals surface area (Å²) in [5.41, 5.74) is 6.26. The van der Waals surface area contributed by atoms with E-state index < -0.39 is 0 Å². The summed E-state index contributed by atoms with van der Waals surface area (Å²) in [5, 5.41) is 7.67. The van der Waals surface area contributed by atoms with Gasteiger partial charge in [0.2, 0.25) is 0 Å². The Balaban J connectivity index is 1.10. The minimum Gasteiger partial charge on any atom is -0.368 e. The zero-order chi connectivity index (χ0) is 21.5. The van der Waals surface area contributed by atoms with Crippen molar-refractivity contribution in [2.24, 2.45) is 0 Å². The average molecular weight is 432 g/mol. The molecule has 1 aliphatic carbocycles. The van der Waals surface area contributed by atoms with Crippen LogP contribution in [-0.4, -0.2) is 71.3 Å². The molecule has 1 amide bonds. The predicted octanol–water partition coefficient (Wildman–Crippen LogP) is 3.14. The SMILES string of the molecule is O=C(c1ccc2nonc2c1)N1CCN(c2ccc3c(c2)CCN(C2CCC2)CC3)CC1. The smallest absolute Gasteiger partial charge is 0.254 e. The highest BCUT2D eigenvalue weighted by atomic mass is 16.6. The summed E-state index contributed by atoms with van der Waals surface area (Å²) in [6.45, 7) is 5.54. The van der Waals surface area contributed by atoms with Crippen molar-refractivity contribution < 1.29 is 9.42 Å². The van der Waals surface area contributed by atoms with Crippen LogP contribution in [0.15, 0.2) is 41.0 Å². The number of amides is 1. The minimum atomic E-state index is 0.0487. The van der Waals surface area contributed by atoms with Gasteiger partial charge in [-0.05, 0) is 77.5 Å². The Morgan fingerprint density at radius 3 is 2.41 bits per heavy atom. The van der Waals surface area contributed by atoms with E-state index in [-0.39, 0.29) is 5.91 Å². The number of hydrogen-bond donors (Lipinski definition) is 0. The molecular weight excluding hydrogens is 402 g/mol. The molecule has 1 saturated carbocycles. The molecule has 7 nitrogen and oxygen atoms in total. The van der Waals surface area contributed by atoms with E-state index in [2.05, 4.69) is 38.3 Å². The van der Waals surface area contributed by atoms with Crippen LogP contribution in [0.25, 0.3) is 11.0 Å². The van der Waals surface area contributed by atoms with Gasteiger partial charge in [0.1, 0.15) is 11.0 Å². The molecule has 3 aliphatic rings. The van der Waals surface area contributed by atoms with Gasteiger partial charge in [-0.15, -0.1) is 0 Å². The lowest BCUT2D eigenvalue weighted by Crippen LogP contribution is -2.48. The molecule has 1 aromatic heterocycles. The van der Waals surface area contributed by atoms with Crippen LogP contribution < -0.4 is 4.90 Å². The molecule has 1 saturated heterocycles. The maximum absolute atomic E-state index is 13.0. The number of carbonyl (C=O) groups excluding carboxylic acids is 1. The van der Waals surface area contributed by atoms with Crippen LogP contribution in [0.2, 0.25) is 0 Å². The number of anilines is 1. The summed E-state index contributed by atoms with van der Waals surface area (Å²) in [5.74, 6) is 0.0487. The number of piperazine rings is 1. The van der Waals surface area contributed by atoms with E-state index in [1.807, 2.05) is 4.90 Å². The molecule has 32 heavy (non-hydrogen) atoms. The van der Waals surface area contributed by atoms with E-state index in [9.17, 15) is 4.79 Å². The molecule has 0 bridgehead atoms. The Hall–Kier alpha value is -2.93. The highest BCUT2D eigenvalue weighted by Crippen LogP contribution is 2.29. The number of nitrogens with zero attached hydrogens (tertiary/aromatic N) is 5. The van der Waals surface area contributed by atoms with Crippen LogP contribution in [0.5, 0.6) is 0 Å². The molecule has 7 heteroatoms. The fourth-order valence-electron chi connectivity index (χ4n) is 5.31. The van der Waals surface area contributed by atoms with Gasteiger partial charge in [0.25, 0.3) is 5.91 Å². The molecule has 2 aromatic carbocycles. The van der Waals surface area contributed by atoms with Crippen molar-refractivity contribution in [2.75, 3.05) is 44.2 Å². The third kappa shape index (κ3) is 3.64. The summed E-state index contributed by atoms with van der Waals surface area (Å²) >= 11 is 0.